The van der Waals surface area contributed by atoms with E-state index >= 15 is 0 Å². The molecule has 1 aromatic carbocycles. The average molecular weight is 280 g/mol. The van der Waals surface area contributed by atoms with Crippen molar-refractivity contribution in [2.24, 2.45) is 0 Å². The first-order valence-corrected chi connectivity index (χ1v) is 6.52. The zero-order valence-electron chi connectivity index (χ0n) is 11.4. The quantitative estimate of drug-likeness (QED) is 0.830. The van der Waals surface area contributed by atoms with Crippen molar-refractivity contribution in [3.05, 3.63) is 52.4 Å². The summed E-state index contributed by atoms with van der Waals surface area (Å²) in [6.45, 7) is 3.45. The van der Waals surface area contributed by atoms with Crippen LogP contribution in [0.25, 0.3) is 0 Å². The van der Waals surface area contributed by atoms with Gasteiger partial charge < -0.3 is 9.15 Å². The zero-order chi connectivity index (χ0) is 13.8. The number of benzene rings is 1. The van der Waals surface area contributed by atoms with Gasteiger partial charge in [0.2, 0.25) is 0 Å². The second-order valence-electron chi connectivity index (χ2n) is 4.64. The van der Waals surface area contributed by atoms with Gasteiger partial charge in [-0.25, -0.2) is 0 Å². The summed E-state index contributed by atoms with van der Waals surface area (Å²) in [6, 6.07) is 9.64. The number of hydrogen-bond acceptors (Lipinski definition) is 3. The second-order valence-corrected chi connectivity index (χ2v) is 5.08. The zero-order valence-corrected chi connectivity index (χ0v) is 12.2. The molecule has 0 N–H and O–H groups in total. The summed E-state index contributed by atoms with van der Waals surface area (Å²) in [5, 5.41) is 0.720. The largest absolute Gasteiger partial charge is 0.496 e. The molecule has 0 aliphatic heterocycles. The minimum absolute atomic E-state index is 0.720. The Morgan fingerprint density at radius 1 is 1.21 bits per heavy atom. The molecule has 0 radical (unpaired) electrons. The topological polar surface area (TPSA) is 25.6 Å². The van der Waals surface area contributed by atoms with Gasteiger partial charge in [0.05, 0.1) is 13.7 Å². The lowest BCUT2D eigenvalue weighted by molar-refractivity contribution is 0.280. The standard InChI is InChI=1S/C15H18ClNO2/c1-11-4-6-14(19-11)10-17(2)9-12-8-13(16)5-7-15(12)18-3/h4-8H,9-10H2,1-3H3. The van der Waals surface area contributed by atoms with Crippen molar-refractivity contribution >= 4 is 11.6 Å². The first-order valence-electron chi connectivity index (χ1n) is 6.15. The van der Waals surface area contributed by atoms with Gasteiger partial charge in [0.1, 0.15) is 17.3 Å². The molecule has 0 saturated carbocycles. The van der Waals surface area contributed by atoms with Gasteiger partial charge in [0.25, 0.3) is 0 Å². The predicted molar refractivity (Wildman–Crippen MR) is 76.6 cm³/mol. The minimum atomic E-state index is 0.720. The Balaban J connectivity index is 2.05. The summed E-state index contributed by atoms with van der Waals surface area (Å²) in [5.74, 6) is 2.75. The van der Waals surface area contributed by atoms with E-state index in [0.29, 0.717) is 0 Å². The van der Waals surface area contributed by atoms with Gasteiger partial charge in [-0.05, 0) is 44.3 Å². The van der Waals surface area contributed by atoms with Crippen LogP contribution in [-0.4, -0.2) is 19.1 Å². The second kappa shape index (κ2) is 6.13. The summed E-state index contributed by atoms with van der Waals surface area (Å²) in [6.07, 6.45) is 0. The number of aryl methyl sites for hydroxylation is 1. The third-order valence-electron chi connectivity index (χ3n) is 2.90. The SMILES string of the molecule is COc1ccc(Cl)cc1CN(C)Cc1ccc(C)o1. The number of nitrogens with zero attached hydrogens (tertiary/aromatic N) is 1. The minimum Gasteiger partial charge on any atom is -0.496 e. The molecular weight excluding hydrogens is 262 g/mol. The van der Waals surface area contributed by atoms with Crippen LogP contribution < -0.4 is 4.74 Å². The van der Waals surface area contributed by atoms with Crippen LogP contribution >= 0.6 is 11.6 Å². The Morgan fingerprint density at radius 2 is 2.00 bits per heavy atom. The van der Waals surface area contributed by atoms with E-state index in [0.717, 1.165) is 40.9 Å². The molecule has 4 heteroatoms. The number of furan rings is 1. The van der Waals surface area contributed by atoms with Crippen molar-refractivity contribution in [3.8, 4) is 5.75 Å². The van der Waals surface area contributed by atoms with Crippen molar-refractivity contribution in [2.45, 2.75) is 20.0 Å². The highest BCUT2D eigenvalue weighted by Gasteiger charge is 2.09. The third-order valence-corrected chi connectivity index (χ3v) is 3.14. The summed E-state index contributed by atoms with van der Waals surface area (Å²) in [4.78, 5) is 2.16. The Kier molecular flexibility index (Phi) is 4.51. The molecule has 0 unspecified atom stereocenters. The van der Waals surface area contributed by atoms with Crippen molar-refractivity contribution in [1.29, 1.82) is 0 Å². The predicted octanol–water partition coefficient (Wildman–Crippen LogP) is 3.88. The Labute approximate surface area is 118 Å². The maximum absolute atomic E-state index is 6.03. The lowest BCUT2D eigenvalue weighted by Crippen LogP contribution is -2.17. The summed E-state index contributed by atoms with van der Waals surface area (Å²) in [7, 11) is 3.71. The fourth-order valence-corrected chi connectivity index (χ4v) is 2.25. The fourth-order valence-electron chi connectivity index (χ4n) is 2.05. The highest BCUT2D eigenvalue weighted by Crippen LogP contribution is 2.24. The number of hydrogen-bond donors (Lipinski definition) is 0. The molecule has 0 fully saturated rings. The van der Waals surface area contributed by atoms with E-state index in [1.807, 2.05) is 44.3 Å². The molecule has 0 saturated heterocycles. The van der Waals surface area contributed by atoms with Gasteiger partial charge in [-0.2, -0.15) is 0 Å². The van der Waals surface area contributed by atoms with Crippen LogP contribution in [0, 0.1) is 6.92 Å². The molecule has 0 aliphatic rings. The lowest BCUT2D eigenvalue weighted by atomic mass is 10.2. The van der Waals surface area contributed by atoms with Gasteiger partial charge in [-0.3, -0.25) is 4.90 Å². The van der Waals surface area contributed by atoms with E-state index in [-0.39, 0.29) is 0 Å². The van der Waals surface area contributed by atoms with Crippen LogP contribution in [0.4, 0.5) is 0 Å². The first-order chi connectivity index (χ1) is 9.08. The van der Waals surface area contributed by atoms with E-state index < -0.39 is 0 Å². The van der Waals surface area contributed by atoms with Crippen LogP contribution in [0.2, 0.25) is 5.02 Å². The fraction of sp³-hybridized carbons (Fsp3) is 0.333. The first kappa shape index (κ1) is 14.0. The number of methoxy groups -OCH3 is 1. The van der Waals surface area contributed by atoms with Crippen LogP contribution in [-0.2, 0) is 13.1 Å². The highest BCUT2D eigenvalue weighted by molar-refractivity contribution is 6.30. The molecule has 3 nitrogen and oxygen atoms in total. The van der Waals surface area contributed by atoms with Crippen LogP contribution in [0.3, 0.4) is 0 Å². The van der Waals surface area contributed by atoms with Gasteiger partial charge >= 0.3 is 0 Å². The van der Waals surface area contributed by atoms with E-state index in [2.05, 4.69) is 4.90 Å². The molecule has 102 valence electrons. The molecule has 0 aliphatic carbocycles. The molecular formula is C15H18ClNO2. The van der Waals surface area contributed by atoms with E-state index in [9.17, 15) is 0 Å². The van der Waals surface area contributed by atoms with Crippen molar-refractivity contribution < 1.29 is 9.15 Å². The van der Waals surface area contributed by atoms with Crippen molar-refractivity contribution in [2.75, 3.05) is 14.2 Å². The van der Waals surface area contributed by atoms with Gasteiger partial charge in [0, 0.05) is 17.1 Å². The number of halogens is 1. The number of ether oxygens (including phenoxy) is 1. The molecule has 0 amide bonds. The Bertz CT molecular complexity index is 551. The maximum Gasteiger partial charge on any atom is 0.123 e. The van der Waals surface area contributed by atoms with Gasteiger partial charge in [-0.1, -0.05) is 11.6 Å². The van der Waals surface area contributed by atoms with E-state index in [4.69, 9.17) is 20.8 Å². The van der Waals surface area contributed by atoms with Crippen LogP contribution in [0.1, 0.15) is 17.1 Å². The van der Waals surface area contributed by atoms with Crippen molar-refractivity contribution in [1.82, 2.24) is 4.90 Å². The normalized spacial score (nSPS) is 11.0. The maximum atomic E-state index is 6.03. The Hall–Kier alpha value is -1.45. The molecule has 19 heavy (non-hydrogen) atoms. The van der Waals surface area contributed by atoms with Gasteiger partial charge in [0.15, 0.2) is 0 Å². The highest BCUT2D eigenvalue weighted by atomic mass is 35.5. The molecule has 0 spiro atoms. The smallest absolute Gasteiger partial charge is 0.123 e. The van der Waals surface area contributed by atoms with Crippen molar-refractivity contribution in [3.63, 3.8) is 0 Å². The molecule has 2 aromatic rings. The molecule has 0 atom stereocenters. The average Bonchev–Trinajstić information content (AvgIpc) is 2.75. The van der Waals surface area contributed by atoms with E-state index in [1.54, 1.807) is 7.11 Å². The third kappa shape index (κ3) is 3.75. The summed E-state index contributed by atoms with van der Waals surface area (Å²) in [5.41, 5.74) is 1.07. The summed E-state index contributed by atoms with van der Waals surface area (Å²) < 4.78 is 10.9. The lowest BCUT2D eigenvalue weighted by Gasteiger charge is -2.17. The molecule has 0 bridgehead atoms. The Morgan fingerprint density at radius 3 is 2.63 bits per heavy atom. The summed E-state index contributed by atoms with van der Waals surface area (Å²) >= 11 is 6.03. The van der Waals surface area contributed by atoms with Crippen LogP contribution in [0.5, 0.6) is 5.75 Å². The molecule has 2 rings (SSSR count). The monoisotopic (exact) mass is 279 g/mol. The van der Waals surface area contributed by atoms with Crippen LogP contribution in [0.15, 0.2) is 34.7 Å². The van der Waals surface area contributed by atoms with Gasteiger partial charge in [-0.15, -0.1) is 0 Å². The molecule has 1 aromatic heterocycles. The van der Waals surface area contributed by atoms with E-state index in [1.165, 1.54) is 0 Å². The number of rotatable bonds is 5. The molecule has 1 heterocycles.